The fraction of sp³-hybridized carbons (Fsp3) is 0.200. The summed E-state index contributed by atoms with van der Waals surface area (Å²) in [6, 6.07) is 11.8. The van der Waals surface area contributed by atoms with Crippen molar-refractivity contribution in [2.45, 2.75) is 26.4 Å². The number of nitrogens with zero attached hydrogens (tertiary/aromatic N) is 3. The Morgan fingerprint density at radius 3 is 2.29 bits per heavy atom. The van der Waals surface area contributed by atoms with Crippen molar-refractivity contribution in [3.05, 3.63) is 66.6 Å². The highest BCUT2D eigenvalue weighted by Crippen LogP contribution is 2.15. The number of hydrogen-bond donors (Lipinski definition) is 2. The first-order chi connectivity index (χ1) is 13.3. The molecule has 0 aliphatic carbocycles. The first-order valence-electron chi connectivity index (χ1n) is 8.68. The second-order valence-electron chi connectivity index (χ2n) is 7.01. The van der Waals surface area contributed by atoms with E-state index >= 15 is 0 Å². The van der Waals surface area contributed by atoms with Crippen LogP contribution in [0.25, 0.3) is 5.82 Å². The highest BCUT2D eigenvalue weighted by atomic mass is 16.6. The van der Waals surface area contributed by atoms with Crippen molar-refractivity contribution in [2.24, 2.45) is 0 Å². The summed E-state index contributed by atoms with van der Waals surface area (Å²) in [5.41, 5.74) is 0.976. The predicted molar refractivity (Wildman–Crippen MR) is 106 cm³/mol. The molecule has 0 radical (unpaired) electrons. The second-order valence-corrected chi connectivity index (χ2v) is 7.01. The van der Waals surface area contributed by atoms with Gasteiger partial charge in [-0.3, -0.25) is 10.1 Å². The van der Waals surface area contributed by atoms with Crippen molar-refractivity contribution >= 4 is 23.4 Å². The third-order valence-corrected chi connectivity index (χ3v) is 3.54. The molecule has 0 unspecified atom stereocenters. The SMILES string of the molecule is CC(C)(C)OC(=O)Nc1ccc(C(=O)Nc2ccc(-n3cccn3)nc2)cc1. The third kappa shape index (κ3) is 5.16. The quantitative estimate of drug-likeness (QED) is 0.717. The van der Waals surface area contributed by atoms with Crippen molar-refractivity contribution in [1.82, 2.24) is 14.8 Å². The topological polar surface area (TPSA) is 98.1 Å². The minimum atomic E-state index is -0.578. The summed E-state index contributed by atoms with van der Waals surface area (Å²) >= 11 is 0. The van der Waals surface area contributed by atoms with Crippen LogP contribution < -0.4 is 10.6 Å². The summed E-state index contributed by atoms with van der Waals surface area (Å²) < 4.78 is 6.82. The van der Waals surface area contributed by atoms with Crippen LogP contribution >= 0.6 is 0 Å². The van der Waals surface area contributed by atoms with Gasteiger partial charge in [0.05, 0.1) is 11.9 Å². The smallest absolute Gasteiger partial charge is 0.412 e. The van der Waals surface area contributed by atoms with E-state index in [1.54, 1.807) is 86.5 Å². The number of aromatic nitrogens is 3. The van der Waals surface area contributed by atoms with Crippen LogP contribution in [0.15, 0.2) is 61.1 Å². The van der Waals surface area contributed by atoms with Crippen molar-refractivity contribution in [1.29, 1.82) is 0 Å². The first-order valence-corrected chi connectivity index (χ1v) is 8.68. The lowest BCUT2D eigenvalue weighted by Crippen LogP contribution is -2.27. The van der Waals surface area contributed by atoms with Gasteiger partial charge in [-0.05, 0) is 63.2 Å². The fourth-order valence-electron chi connectivity index (χ4n) is 2.33. The molecule has 0 saturated carbocycles. The van der Waals surface area contributed by atoms with E-state index < -0.39 is 11.7 Å². The van der Waals surface area contributed by atoms with Gasteiger partial charge in [-0.25, -0.2) is 14.5 Å². The molecule has 1 aromatic carbocycles. The molecule has 0 spiro atoms. The Morgan fingerprint density at radius 2 is 1.71 bits per heavy atom. The molecule has 0 atom stereocenters. The molecule has 8 heteroatoms. The molecule has 8 nitrogen and oxygen atoms in total. The molecular formula is C20H21N5O3. The predicted octanol–water partition coefficient (Wildman–Crippen LogP) is 3.87. The molecule has 144 valence electrons. The number of benzene rings is 1. The van der Waals surface area contributed by atoms with Crippen molar-refractivity contribution in [3.8, 4) is 5.82 Å². The Kier molecular flexibility index (Phi) is 5.39. The van der Waals surface area contributed by atoms with Crippen LogP contribution in [0.5, 0.6) is 0 Å². The molecule has 0 aliphatic rings. The van der Waals surface area contributed by atoms with Gasteiger partial charge in [-0.1, -0.05) is 0 Å². The third-order valence-electron chi connectivity index (χ3n) is 3.54. The number of nitrogens with one attached hydrogen (secondary N) is 2. The normalized spacial score (nSPS) is 11.0. The zero-order valence-corrected chi connectivity index (χ0v) is 15.8. The lowest BCUT2D eigenvalue weighted by Gasteiger charge is -2.19. The average Bonchev–Trinajstić information content (AvgIpc) is 3.16. The molecule has 3 rings (SSSR count). The maximum atomic E-state index is 12.4. The van der Waals surface area contributed by atoms with Crippen molar-refractivity contribution in [3.63, 3.8) is 0 Å². The maximum absolute atomic E-state index is 12.4. The number of hydrogen-bond acceptors (Lipinski definition) is 5. The number of ether oxygens (including phenoxy) is 1. The second kappa shape index (κ2) is 7.91. The standard InChI is InChI=1S/C20H21N5O3/c1-20(2,3)28-19(27)24-15-7-5-14(6-8-15)18(26)23-16-9-10-17(21-13-16)25-12-4-11-22-25/h4-13H,1-3H3,(H,23,26)(H,24,27). The molecule has 0 bridgehead atoms. The lowest BCUT2D eigenvalue weighted by molar-refractivity contribution is 0.0636. The van der Waals surface area contributed by atoms with Gasteiger partial charge in [0, 0.05) is 23.6 Å². The molecule has 0 aliphatic heterocycles. The minimum absolute atomic E-state index is 0.280. The molecule has 2 heterocycles. The Labute approximate surface area is 162 Å². The summed E-state index contributed by atoms with van der Waals surface area (Å²) in [5, 5.41) is 9.50. The summed E-state index contributed by atoms with van der Waals surface area (Å²) in [6.45, 7) is 5.36. The monoisotopic (exact) mass is 379 g/mol. The minimum Gasteiger partial charge on any atom is -0.444 e. The molecule has 2 N–H and O–H groups in total. The van der Waals surface area contributed by atoms with E-state index in [9.17, 15) is 9.59 Å². The summed E-state index contributed by atoms with van der Waals surface area (Å²) in [4.78, 5) is 28.4. The van der Waals surface area contributed by atoms with Gasteiger partial charge in [0.2, 0.25) is 0 Å². The summed E-state index contributed by atoms with van der Waals surface area (Å²) in [6.07, 6.45) is 4.47. The van der Waals surface area contributed by atoms with Gasteiger partial charge < -0.3 is 10.1 Å². The van der Waals surface area contributed by atoms with Gasteiger partial charge in [0.1, 0.15) is 5.60 Å². The van der Waals surface area contributed by atoms with Crippen LogP contribution in [-0.4, -0.2) is 32.4 Å². The average molecular weight is 379 g/mol. The molecular weight excluding hydrogens is 358 g/mol. The van der Waals surface area contributed by atoms with E-state index in [2.05, 4.69) is 20.7 Å². The lowest BCUT2D eigenvalue weighted by atomic mass is 10.2. The van der Waals surface area contributed by atoms with Gasteiger partial charge in [-0.2, -0.15) is 5.10 Å². The van der Waals surface area contributed by atoms with Crippen molar-refractivity contribution < 1.29 is 14.3 Å². The highest BCUT2D eigenvalue weighted by Gasteiger charge is 2.16. The Bertz CT molecular complexity index is 943. The molecule has 2 amide bonds. The maximum Gasteiger partial charge on any atom is 0.412 e. The highest BCUT2D eigenvalue weighted by molar-refractivity contribution is 6.04. The molecule has 0 fully saturated rings. The zero-order valence-electron chi connectivity index (χ0n) is 15.8. The number of rotatable bonds is 4. The van der Waals surface area contributed by atoms with E-state index in [0.29, 0.717) is 22.8 Å². The molecule has 28 heavy (non-hydrogen) atoms. The van der Waals surface area contributed by atoms with Gasteiger partial charge in [0.15, 0.2) is 5.82 Å². The molecule has 2 aromatic heterocycles. The first kappa shape index (κ1) is 19.1. The van der Waals surface area contributed by atoms with E-state index in [4.69, 9.17) is 4.74 Å². The zero-order chi connectivity index (χ0) is 20.1. The van der Waals surface area contributed by atoms with Crippen LogP contribution in [0.3, 0.4) is 0 Å². The van der Waals surface area contributed by atoms with Crippen LogP contribution in [0.2, 0.25) is 0 Å². The molecule has 3 aromatic rings. The van der Waals surface area contributed by atoms with E-state index in [1.165, 1.54) is 0 Å². The number of pyridine rings is 1. The summed E-state index contributed by atoms with van der Waals surface area (Å²) in [7, 11) is 0. The van der Waals surface area contributed by atoms with Gasteiger partial charge >= 0.3 is 6.09 Å². The van der Waals surface area contributed by atoms with Gasteiger partial charge in [0.25, 0.3) is 5.91 Å². The Balaban J connectivity index is 1.59. The summed E-state index contributed by atoms with van der Waals surface area (Å²) in [5.74, 6) is 0.373. The van der Waals surface area contributed by atoms with Crippen molar-refractivity contribution in [2.75, 3.05) is 10.6 Å². The number of amides is 2. The number of carbonyl (C=O) groups is 2. The Hall–Kier alpha value is -3.68. The van der Waals surface area contributed by atoms with E-state index in [0.717, 1.165) is 0 Å². The van der Waals surface area contributed by atoms with Crippen LogP contribution in [0.4, 0.5) is 16.2 Å². The molecule has 0 saturated heterocycles. The van der Waals surface area contributed by atoms with Gasteiger partial charge in [-0.15, -0.1) is 0 Å². The van der Waals surface area contributed by atoms with Crippen LogP contribution in [-0.2, 0) is 4.74 Å². The largest absolute Gasteiger partial charge is 0.444 e. The van der Waals surface area contributed by atoms with Crippen LogP contribution in [0.1, 0.15) is 31.1 Å². The fourth-order valence-corrected chi connectivity index (χ4v) is 2.33. The van der Waals surface area contributed by atoms with E-state index in [-0.39, 0.29) is 5.91 Å². The number of anilines is 2. The van der Waals surface area contributed by atoms with E-state index in [1.807, 2.05) is 0 Å². The van der Waals surface area contributed by atoms with Crippen LogP contribution in [0, 0.1) is 0 Å². The Morgan fingerprint density at radius 1 is 1.00 bits per heavy atom. The number of carbonyl (C=O) groups excluding carboxylic acids is 2.